The molecule has 0 fully saturated rings. The van der Waals surface area contributed by atoms with Gasteiger partial charge >= 0.3 is 0 Å². The molecule has 1 amide bonds. The molecule has 0 aromatic heterocycles. The van der Waals surface area contributed by atoms with E-state index in [9.17, 15) is 4.79 Å². The molecular weight excluding hydrogens is 334 g/mol. The minimum absolute atomic E-state index is 0.0461. The molecule has 144 valence electrons. The van der Waals surface area contributed by atoms with Crippen molar-refractivity contribution < 1.29 is 9.53 Å². The molecule has 3 heteroatoms. The molecule has 1 aliphatic carbocycles. The van der Waals surface area contributed by atoms with Gasteiger partial charge in [-0.25, -0.2) is 0 Å². The predicted molar refractivity (Wildman–Crippen MR) is 110 cm³/mol. The number of hydrogen-bond donors (Lipinski definition) is 1. The first-order valence-electron chi connectivity index (χ1n) is 10.3. The quantitative estimate of drug-likeness (QED) is 0.701. The van der Waals surface area contributed by atoms with E-state index in [2.05, 4.69) is 49.5 Å². The molecule has 0 aliphatic heterocycles. The molecule has 2 aromatic rings. The molecule has 0 bridgehead atoms. The third-order valence-corrected chi connectivity index (χ3v) is 5.45. The third kappa shape index (κ3) is 5.35. The second kappa shape index (κ2) is 9.59. The highest BCUT2D eigenvalue weighted by molar-refractivity contribution is 5.76. The average molecular weight is 366 g/mol. The fraction of sp³-hybridized carbons (Fsp3) is 0.458. The zero-order valence-electron chi connectivity index (χ0n) is 16.6. The monoisotopic (exact) mass is 365 g/mol. The van der Waals surface area contributed by atoms with Gasteiger partial charge in [0.05, 0.1) is 19.1 Å². The molecule has 0 saturated heterocycles. The molecule has 1 unspecified atom stereocenters. The van der Waals surface area contributed by atoms with E-state index in [-0.39, 0.29) is 11.9 Å². The van der Waals surface area contributed by atoms with Crippen molar-refractivity contribution in [2.24, 2.45) is 0 Å². The van der Waals surface area contributed by atoms with Crippen molar-refractivity contribution in [1.82, 2.24) is 5.32 Å². The number of carbonyl (C=O) groups excluding carboxylic acids is 1. The Kier molecular flexibility index (Phi) is 6.92. The molecule has 1 aliphatic rings. The first-order chi connectivity index (χ1) is 13.2. The molecular formula is C24H31NO2. The van der Waals surface area contributed by atoms with Crippen LogP contribution in [-0.4, -0.2) is 12.5 Å². The lowest BCUT2D eigenvalue weighted by molar-refractivity contribution is -0.122. The molecule has 0 heterocycles. The lowest BCUT2D eigenvalue weighted by Crippen LogP contribution is -2.29. The van der Waals surface area contributed by atoms with Crippen molar-refractivity contribution in [2.45, 2.75) is 64.8 Å². The molecule has 3 nitrogen and oxygen atoms in total. The van der Waals surface area contributed by atoms with Crippen LogP contribution in [0.5, 0.6) is 5.75 Å². The van der Waals surface area contributed by atoms with Gasteiger partial charge < -0.3 is 10.1 Å². The minimum atomic E-state index is 0.0461. The summed E-state index contributed by atoms with van der Waals surface area (Å²) in [4.78, 5) is 12.4. The second-order valence-electron chi connectivity index (χ2n) is 7.36. The molecule has 2 aromatic carbocycles. The first-order valence-corrected chi connectivity index (χ1v) is 10.3. The number of nitrogens with one attached hydrogen (secondary N) is 1. The van der Waals surface area contributed by atoms with Gasteiger partial charge in [-0.2, -0.15) is 0 Å². The highest BCUT2D eigenvalue weighted by Crippen LogP contribution is 2.26. The second-order valence-corrected chi connectivity index (χ2v) is 7.36. The van der Waals surface area contributed by atoms with Gasteiger partial charge in [0, 0.05) is 0 Å². The summed E-state index contributed by atoms with van der Waals surface area (Å²) in [7, 11) is 0. The maximum absolute atomic E-state index is 12.4. The van der Waals surface area contributed by atoms with E-state index in [0.717, 1.165) is 25.0 Å². The summed E-state index contributed by atoms with van der Waals surface area (Å²) in [5, 5.41) is 3.18. The zero-order valence-corrected chi connectivity index (χ0v) is 16.6. The van der Waals surface area contributed by atoms with Gasteiger partial charge in [-0.15, -0.1) is 0 Å². The van der Waals surface area contributed by atoms with Gasteiger partial charge in [0.15, 0.2) is 0 Å². The van der Waals surface area contributed by atoms with Crippen molar-refractivity contribution in [2.75, 3.05) is 6.61 Å². The Labute approximate surface area is 163 Å². The van der Waals surface area contributed by atoms with E-state index in [1.807, 2.05) is 12.1 Å². The van der Waals surface area contributed by atoms with E-state index in [1.54, 1.807) is 0 Å². The Balaban J connectivity index is 1.50. The fourth-order valence-electron chi connectivity index (χ4n) is 3.74. The van der Waals surface area contributed by atoms with E-state index < -0.39 is 0 Å². The van der Waals surface area contributed by atoms with Gasteiger partial charge in [0.2, 0.25) is 5.91 Å². The molecule has 1 atom stereocenters. The number of ether oxygens (including phenoxy) is 1. The molecule has 0 saturated carbocycles. The third-order valence-electron chi connectivity index (χ3n) is 5.45. The number of rotatable bonds is 8. The summed E-state index contributed by atoms with van der Waals surface area (Å²) < 4.78 is 5.71. The number of benzene rings is 2. The molecule has 1 N–H and O–H groups in total. The molecule has 0 spiro atoms. The van der Waals surface area contributed by atoms with Crippen LogP contribution in [0.1, 0.15) is 67.8 Å². The maximum atomic E-state index is 12.4. The summed E-state index contributed by atoms with van der Waals surface area (Å²) in [6.45, 7) is 4.65. The van der Waals surface area contributed by atoms with Crippen LogP contribution in [0, 0.1) is 0 Å². The lowest BCUT2D eigenvalue weighted by atomic mass is 9.89. The first kappa shape index (κ1) is 19.5. The fourth-order valence-corrected chi connectivity index (χ4v) is 3.74. The Morgan fingerprint density at radius 2 is 1.78 bits per heavy atom. The van der Waals surface area contributed by atoms with Crippen molar-refractivity contribution in [3.8, 4) is 5.75 Å². The minimum Gasteiger partial charge on any atom is -0.493 e. The van der Waals surface area contributed by atoms with Crippen LogP contribution in [0.3, 0.4) is 0 Å². The van der Waals surface area contributed by atoms with Crippen LogP contribution in [0.4, 0.5) is 0 Å². The highest BCUT2D eigenvalue weighted by atomic mass is 16.5. The lowest BCUT2D eigenvalue weighted by Gasteiger charge is -2.21. The smallest absolute Gasteiger partial charge is 0.223 e. The van der Waals surface area contributed by atoms with E-state index in [1.165, 1.54) is 41.5 Å². The van der Waals surface area contributed by atoms with Crippen molar-refractivity contribution in [3.63, 3.8) is 0 Å². The molecule has 3 rings (SSSR count). The van der Waals surface area contributed by atoms with Gasteiger partial charge in [0.25, 0.3) is 0 Å². The summed E-state index contributed by atoms with van der Waals surface area (Å²) in [6.07, 6.45) is 7.20. The number of aryl methyl sites for hydroxylation is 3. The van der Waals surface area contributed by atoms with Crippen molar-refractivity contribution in [1.29, 1.82) is 0 Å². The summed E-state index contributed by atoms with van der Waals surface area (Å²) >= 11 is 0. The average Bonchev–Trinajstić information content (AvgIpc) is 2.72. The van der Waals surface area contributed by atoms with E-state index >= 15 is 0 Å². The van der Waals surface area contributed by atoms with E-state index in [0.29, 0.717) is 13.0 Å². The van der Waals surface area contributed by atoms with Crippen LogP contribution in [0.15, 0.2) is 42.5 Å². The van der Waals surface area contributed by atoms with Crippen molar-refractivity contribution in [3.05, 3.63) is 64.7 Å². The van der Waals surface area contributed by atoms with Crippen molar-refractivity contribution >= 4 is 5.91 Å². The molecule has 27 heavy (non-hydrogen) atoms. The number of carbonyl (C=O) groups is 1. The van der Waals surface area contributed by atoms with Crippen LogP contribution in [0.25, 0.3) is 0 Å². The van der Waals surface area contributed by atoms with Crippen LogP contribution in [-0.2, 0) is 24.1 Å². The standard InChI is InChI=1S/C24H31NO2/c1-3-18-9-13-22(14-10-18)27-16-15-24(26)25-23(4-2)21-12-11-19-7-5-6-8-20(19)17-21/h9-14,17,23H,3-8,15-16H2,1-2H3,(H,25,26). The van der Waals surface area contributed by atoms with Gasteiger partial charge in [-0.05, 0) is 72.9 Å². The maximum Gasteiger partial charge on any atom is 0.223 e. The Morgan fingerprint density at radius 3 is 2.48 bits per heavy atom. The summed E-state index contributed by atoms with van der Waals surface area (Å²) in [5.74, 6) is 0.867. The Bertz CT molecular complexity index is 751. The number of fused-ring (bicyclic) bond motifs is 1. The normalized spacial score (nSPS) is 14.3. The van der Waals surface area contributed by atoms with E-state index in [4.69, 9.17) is 4.74 Å². The Morgan fingerprint density at radius 1 is 1.04 bits per heavy atom. The van der Waals surface area contributed by atoms with Crippen LogP contribution < -0.4 is 10.1 Å². The highest BCUT2D eigenvalue weighted by Gasteiger charge is 2.16. The van der Waals surface area contributed by atoms with Gasteiger partial charge in [0.1, 0.15) is 5.75 Å². The summed E-state index contributed by atoms with van der Waals surface area (Å²) in [5.41, 5.74) is 5.46. The number of amides is 1. The Hall–Kier alpha value is -2.29. The molecule has 0 radical (unpaired) electrons. The van der Waals surface area contributed by atoms with Gasteiger partial charge in [-0.3, -0.25) is 4.79 Å². The zero-order chi connectivity index (χ0) is 19.1. The topological polar surface area (TPSA) is 38.3 Å². The SMILES string of the molecule is CCc1ccc(OCCC(=O)NC(CC)c2ccc3c(c2)CCCC3)cc1. The van der Waals surface area contributed by atoms with Gasteiger partial charge in [-0.1, -0.05) is 44.2 Å². The predicted octanol–water partition coefficient (Wildman–Crippen LogP) is 5.16. The van der Waals surface area contributed by atoms with Crippen LogP contribution >= 0.6 is 0 Å². The summed E-state index contributed by atoms with van der Waals surface area (Å²) in [6, 6.07) is 14.9. The largest absolute Gasteiger partial charge is 0.493 e. The number of hydrogen-bond acceptors (Lipinski definition) is 2. The van der Waals surface area contributed by atoms with Crippen LogP contribution in [0.2, 0.25) is 0 Å².